The molecule has 0 saturated heterocycles. The lowest BCUT2D eigenvalue weighted by Gasteiger charge is -2.28. The first-order valence-electron chi connectivity index (χ1n) is 4.29. The van der Waals surface area contributed by atoms with Crippen LogP contribution in [0, 0.1) is 0 Å². The number of rotatable bonds is 5. The van der Waals surface area contributed by atoms with Gasteiger partial charge >= 0.3 is 12.1 Å². The number of carboxylic acids is 1. The highest BCUT2D eigenvalue weighted by Crippen LogP contribution is 2.25. The van der Waals surface area contributed by atoms with Crippen LogP contribution in [0.3, 0.4) is 0 Å². The van der Waals surface area contributed by atoms with E-state index in [1.165, 1.54) is 14.1 Å². The summed E-state index contributed by atoms with van der Waals surface area (Å²) in [5.41, 5.74) is 0. The lowest BCUT2D eigenvalue weighted by Crippen LogP contribution is -2.46. The second-order valence-corrected chi connectivity index (χ2v) is 4.01. The van der Waals surface area contributed by atoms with Gasteiger partial charge in [-0.15, -0.1) is 0 Å². The molecular weight excluding hydrogens is 218 g/mol. The summed E-state index contributed by atoms with van der Waals surface area (Å²) in [6.45, 7) is -0.502. The maximum Gasteiger partial charge on any atom is 0.419 e. The summed E-state index contributed by atoms with van der Waals surface area (Å²) in [6.07, 6.45) is -8.46. The lowest BCUT2D eigenvalue weighted by molar-refractivity contribution is -0.883. The average Bonchev–Trinajstić information content (AvgIpc) is 1.95. The highest BCUT2D eigenvalue weighted by molar-refractivity contribution is 5.67. The van der Waals surface area contributed by atoms with Gasteiger partial charge in [0.15, 0.2) is 6.54 Å². The zero-order valence-corrected chi connectivity index (χ0v) is 8.51. The summed E-state index contributed by atoms with van der Waals surface area (Å²) >= 11 is 0. The molecule has 3 nitrogen and oxygen atoms in total. The van der Waals surface area contributed by atoms with E-state index in [1.54, 1.807) is 0 Å². The van der Waals surface area contributed by atoms with Crippen molar-refractivity contribution in [2.75, 3.05) is 27.2 Å². The van der Waals surface area contributed by atoms with Gasteiger partial charge in [0, 0.05) is 6.42 Å². The molecule has 0 aromatic carbocycles. The fourth-order valence-corrected chi connectivity index (χ4v) is 1.07. The number of aliphatic carboxylic acids is 1. The maximum atomic E-state index is 12.5. The van der Waals surface area contributed by atoms with Crippen molar-refractivity contribution in [3.05, 3.63) is 0 Å². The van der Waals surface area contributed by atoms with Gasteiger partial charge in [-0.3, -0.25) is 0 Å². The van der Waals surface area contributed by atoms with Crippen molar-refractivity contribution in [1.82, 2.24) is 0 Å². The molecule has 90 valence electrons. The minimum atomic E-state index is -4.86. The predicted molar refractivity (Wildman–Crippen MR) is 45.0 cm³/mol. The van der Waals surface area contributed by atoms with Crippen LogP contribution in [0.15, 0.2) is 0 Å². The summed E-state index contributed by atoms with van der Waals surface area (Å²) in [5, 5.41) is 8.44. The summed E-state index contributed by atoms with van der Waals surface area (Å²) < 4.78 is 47.7. The molecule has 0 amide bonds. The van der Waals surface area contributed by atoms with E-state index in [4.69, 9.17) is 5.11 Å². The Bertz CT molecular complexity index is 227. The van der Waals surface area contributed by atoms with Crippen molar-refractivity contribution in [2.24, 2.45) is 0 Å². The lowest BCUT2D eigenvalue weighted by atomic mass is 10.2. The number of hydrogen-bond acceptors (Lipinski definition) is 1. The van der Waals surface area contributed by atoms with E-state index in [-0.39, 0.29) is 17.6 Å². The Morgan fingerprint density at radius 2 is 1.87 bits per heavy atom. The predicted octanol–water partition coefficient (Wildman–Crippen LogP) is 1.44. The van der Waals surface area contributed by atoms with E-state index in [9.17, 15) is 22.4 Å². The molecule has 0 spiro atoms. The molecule has 0 aliphatic heterocycles. The summed E-state index contributed by atoms with van der Waals surface area (Å²) in [6, 6.07) is 0. The fraction of sp³-hybridized carbons (Fsp3) is 0.875. The van der Waals surface area contributed by atoms with Gasteiger partial charge in [0.05, 0.1) is 20.6 Å². The van der Waals surface area contributed by atoms with Crippen LogP contribution in [0.4, 0.5) is 17.6 Å². The Labute approximate surface area is 84.9 Å². The Morgan fingerprint density at radius 1 is 1.40 bits per heavy atom. The van der Waals surface area contributed by atoms with Crippen LogP contribution < -0.4 is 0 Å². The van der Waals surface area contributed by atoms with Crippen molar-refractivity contribution in [1.29, 1.82) is 0 Å². The molecular formula is C8H14F4NO2+. The quantitative estimate of drug-likeness (QED) is 0.575. The van der Waals surface area contributed by atoms with Crippen molar-refractivity contribution in [3.8, 4) is 0 Å². The molecule has 15 heavy (non-hydrogen) atoms. The number of quaternary nitrogens is 1. The van der Waals surface area contributed by atoms with Crippen molar-refractivity contribution in [2.45, 2.75) is 18.8 Å². The first-order valence-corrected chi connectivity index (χ1v) is 4.29. The Balaban J connectivity index is 4.09. The molecule has 0 saturated carbocycles. The second-order valence-electron chi connectivity index (χ2n) is 4.01. The van der Waals surface area contributed by atoms with Gasteiger partial charge in [-0.1, -0.05) is 0 Å². The van der Waals surface area contributed by atoms with Gasteiger partial charge in [0.1, 0.15) is 0 Å². The van der Waals surface area contributed by atoms with Crippen molar-refractivity contribution >= 4 is 5.97 Å². The molecule has 0 bridgehead atoms. The molecule has 0 fully saturated rings. The molecule has 1 N–H and O–H groups in total. The molecule has 0 heterocycles. The third-order valence-electron chi connectivity index (χ3n) is 1.91. The minimum absolute atomic E-state index is 0.174. The monoisotopic (exact) mass is 232 g/mol. The van der Waals surface area contributed by atoms with Crippen molar-refractivity contribution in [3.63, 3.8) is 0 Å². The zero-order valence-electron chi connectivity index (χ0n) is 8.51. The molecule has 0 aliphatic rings. The van der Waals surface area contributed by atoms with Gasteiger partial charge in [-0.25, -0.2) is 9.18 Å². The van der Waals surface area contributed by atoms with Gasteiger partial charge < -0.3 is 9.59 Å². The summed E-state index contributed by atoms with van der Waals surface area (Å²) in [4.78, 5) is 10.3. The molecule has 1 atom stereocenters. The molecule has 1 unspecified atom stereocenters. The van der Waals surface area contributed by atoms with Gasteiger partial charge in [-0.05, 0) is 0 Å². The van der Waals surface area contributed by atoms with Crippen LogP contribution >= 0.6 is 0 Å². The van der Waals surface area contributed by atoms with Crippen LogP contribution in [0.2, 0.25) is 0 Å². The summed E-state index contributed by atoms with van der Waals surface area (Å²) in [7, 11) is 2.88. The smallest absolute Gasteiger partial charge is 0.419 e. The topological polar surface area (TPSA) is 37.3 Å². The van der Waals surface area contributed by atoms with E-state index in [2.05, 4.69) is 0 Å². The number of likely N-dealkylation sites (N-methyl/N-ethyl adjacent to an activating group) is 1. The van der Waals surface area contributed by atoms with Gasteiger partial charge in [0.2, 0.25) is 6.17 Å². The molecule has 0 aliphatic carbocycles. The van der Waals surface area contributed by atoms with Crippen LogP contribution in [0.1, 0.15) is 6.42 Å². The fourth-order valence-electron chi connectivity index (χ4n) is 1.07. The van der Waals surface area contributed by atoms with Crippen LogP contribution in [-0.4, -0.2) is 55.1 Å². The Morgan fingerprint density at radius 3 is 2.20 bits per heavy atom. The number of nitrogens with zero attached hydrogens (tertiary/aromatic N) is 1. The molecule has 0 aromatic rings. The van der Waals surface area contributed by atoms with Crippen LogP contribution in [0.5, 0.6) is 0 Å². The van der Waals surface area contributed by atoms with E-state index in [0.717, 1.165) is 0 Å². The number of hydrogen-bond donors (Lipinski definition) is 1. The highest BCUT2D eigenvalue weighted by Gasteiger charge is 2.41. The number of halogens is 4. The number of carboxylic acid groups (broad SMARTS) is 1. The largest absolute Gasteiger partial charge is 0.477 e. The average molecular weight is 232 g/mol. The van der Waals surface area contributed by atoms with E-state index < -0.39 is 24.7 Å². The van der Waals surface area contributed by atoms with Crippen LogP contribution in [-0.2, 0) is 4.79 Å². The van der Waals surface area contributed by atoms with Gasteiger partial charge in [-0.2, -0.15) is 13.2 Å². The normalized spacial score (nSPS) is 15.1. The SMILES string of the molecule is C[N+](C)(CCC(F)C(F)(F)F)CC(=O)O. The van der Waals surface area contributed by atoms with Gasteiger partial charge in [0.25, 0.3) is 0 Å². The maximum absolute atomic E-state index is 12.5. The second kappa shape index (κ2) is 4.78. The Kier molecular flexibility index (Phi) is 4.51. The standard InChI is InChI=1S/C8H13F4NO2/c1-13(2,5-7(14)15)4-3-6(9)8(10,11)12/h6H,3-5H2,1-2H3/p+1. The highest BCUT2D eigenvalue weighted by atomic mass is 19.4. The van der Waals surface area contributed by atoms with Crippen molar-refractivity contribution < 1.29 is 31.9 Å². The number of alkyl halides is 4. The Hall–Kier alpha value is -0.850. The van der Waals surface area contributed by atoms with E-state index >= 15 is 0 Å². The summed E-state index contributed by atoms with van der Waals surface area (Å²) in [5.74, 6) is -1.12. The van der Waals surface area contributed by atoms with Crippen LogP contribution in [0.25, 0.3) is 0 Å². The minimum Gasteiger partial charge on any atom is -0.477 e. The van der Waals surface area contributed by atoms with E-state index in [1.807, 2.05) is 0 Å². The molecule has 0 aromatic heterocycles. The molecule has 7 heteroatoms. The first-order chi connectivity index (χ1) is 6.54. The third kappa shape index (κ3) is 6.27. The first kappa shape index (κ1) is 14.2. The number of carbonyl (C=O) groups is 1. The third-order valence-corrected chi connectivity index (χ3v) is 1.91. The zero-order chi connectivity index (χ0) is 12.3. The van der Waals surface area contributed by atoms with E-state index in [0.29, 0.717) is 0 Å². The molecule has 0 radical (unpaired) electrons. The molecule has 0 rings (SSSR count).